The molecule has 0 atom stereocenters. The fourth-order valence-corrected chi connectivity index (χ4v) is 4.41. The van der Waals surface area contributed by atoms with Crippen molar-refractivity contribution < 1.29 is 14.7 Å². The highest BCUT2D eigenvalue weighted by Gasteiger charge is 2.20. The lowest BCUT2D eigenvalue weighted by Gasteiger charge is -2.23. The van der Waals surface area contributed by atoms with E-state index in [4.69, 9.17) is 16.7 Å². The van der Waals surface area contributed by atoms with Crippen molar-refractivity contribution in [3.8, 4) is 0 Å². The number of carboxylic acids is 1. The Bertz CT molecular complexity index is 875. The van der Waals surface area contributed by atoms with Crippen molar-refractivity contribution in [3.05, 3.63) is 34.5 Å². The van der Waals surface area contributed by atoms with Gasteiger partial charge < -0.3 is 14.6 Å². The number of nitrogens with zero attached hydrogens (tertiary/aromatic N) is 2. The zero-order valence-corrected chi connectivity index (χ0v) is 20.0. The van der Waals surface area contributed by atoms with Gasteiger partial charge in [0.25, 0.3) is 0 Å². The van der Waals surface area contributed by atoms with Gasteiger partial charge in [0.1, 0.15) is 0 Å². The SMILES string of the molecule is CCCCN(CCCCCCCC(=O)O)C(=O)Cc1c(C)n(CC)c2ccc(Cl)cc12. The summed E-state index contributed by atoms with van der Waals surface area (Å²) in [6, 6.07) is 5.93. The summed E-state index contributed by atoms with van der Waals surface area (Å²) in [5, 5.41) is 10.5. The van der Waals surface area contributed by atoms with Gasteiger partial charge in [-0.3, -0.25) is 9.59 Å². The van der Waals surface area contributed by atoms with E-state index in [-0.39, 0.29) is 12.3 Å². The summed E-state index contributed by atoms with van der Waals surface area (Å²) in [6.07, 6.45) is 7.39. The van der Waals surface area contributed by atoms with Crippen LogP contribution in [0.3, 0.4) is 0 Å². The van der Waals surface area contributed by atoms with Gasteiger partial charge in [0.2, 0.25) is 5.91 Å². The Balaban J connectivity index is 2.03. The quantitative estimate of drug-likeness (QED) is 0.349. The summed E-state index contributed by atoms with van der Waals surface area (Å²) < 4.78 is 2.25. The number of benzene rings is 1. The van der Waals surface area contributed by atoms with Crippen molar-refractivity contribution in [2.75, 3.05) is 13.1 Å². The first-order chi connectivity index (χ1) is 14.9. The van der Waals surface area contributed by atoms with Gasteiger partial charge >= 0.3 is 5.97 Å². The summed E-state index contributed by atoms with van der Waals surface area (Å²) in [5.41, 5.74) is 3.36. The van der Waals surface area contributed by atoms with Crippen LogP contribution in [0.4, 0.5) is 0 Å². The minimum absolute atomic E-state index is 0.178. The maximum atomic E-state index is 13.3. The number of amides is 1. The molecule has 31 heavy (non-hydrogen) atoms. The number of carbonyl (C=O) groups is 2. The number of aromatic nitrogens is 1. The Morgan fingerprint density at radius 1 is 1.03 bits per heavy atom. The van der Waals surface area contributed by atoms with E-state index in [0.29, 0.717) is 11.4 Å². The topological polar surface area (TPSA) is 62.5 Å². The van der Waals surface area contributed by atoms with Crippen LogP contribution in [0.25, 0.3) is 10.9 Å². The highest BCUT2D eigenvalue weighted by atomic mass is 35.5. The molecule has 0 fully saturated rings. The summed E-state index contributed by atoms with van der Waals surface area (Å²) in [6.45, 7) is 8.78. The van der Waals surface area contributed by atoms with Crippen LogP contribution in [0, 0.1) is 6.92 Å². The molecule has 1 amide bonds. The number of aliphatic carboxylic acids is 1. The molecule has 2 aromatic rings. The van der Waals surface area contributed by atoms with Crippen LogP contribution < -0.4 is 0 Å². The van der Waals surface area contributed by atoms with Gasteiger partial charge in [-0.1, -0.05) is 44.2 Å². The van der Waals surface area contributed by atoms with Gasteiger partial charge in [-0.15, -0.1) is 0 Å². The van der Waals surface area contributed by atoms with E-state index in [2.05, 4.69) is 25.3 Å². The number of unbranched alkanes of at least 4 members (excludes halogenated alkanes) is 5. The summed E-state index contributed by atoms with van der Waals surface area (Å²) in [4.78, 5) is 25.9. The van der Waals surface area contributed by atoms with Crippen LogP contribution in [0.2, 0.25) is 5.02 Å². The number of carboxylic acid groups (broad SMARTS) is 1. The lowest BCUT2D eigenvalue weighted by molar-refractivity contribution is -0.137. The molecule has 1 aromatic carbocycles. The molecule has 0 bridgehead atoms. The predicted molar refractivity (Wildman–Crippen MR) is 128 cm³/mol. The lowest BCUT2D eigenvalue weighted by Crippen LogP contribution is -2.34. The van der Waals surface area contributed by atoms with Gasteiger partial charge in [0, 0.05) is 47.7 Å². The molecule has 0 aliphatic rings. The number of halogens is 1. The second-order valence-electron chi connectivity index (χ2n) is 8.29. The van der Waals surface area contributed by atoms with Crippen molar-refractivity contribution in [3.63, 3.8) is 0 Å². The normalized spacial score (nSPS) is 11.2. The van der Waals surface area contributed by atoms with E-state index in [9.17, 15) is 9.59 Å². The van der Waals surface area contributed by atoms with Crippen LogP contribution in [0.15, 0.2) is 18.2 Å². The van der Waals surface area contributed by atoms with Gasteiger partial charge in [0.15, 0.2) is 0 Å². The number of aryl methyl sites for hydroxylation is 1. The molecule has 0 aliphatic carbocycles. The summed E-state index contributed by atoms with van der Waals surface area (Å²) >= 11 is 6.26. The van der Waals surface area contributed by atoms with Gasteiger partial charge in [-0.25, -0.2) is 0 Å². The van der Waals surface area contributed by atoms with Gasteiger partial charge in [-0.2, -0.15) is 0 Å². The standard InChI is InChI=1S/C25H37ClN2O3/c1-4-6-15-27(16-11-9-7-8-10-12-25(30)31)24(29)18-21-19(3)28(5-2)23-14-13-20(26)17-22(21)23/h13-14,17H,4-12,15-16,18H2,1-3H3,(H,30,31). The molecule has 1 N–H and O–H groups in total. The average Bonchev–Trinajstić information content (AvgIpc) is 2.99. The zero-order chi connectivity index (χ0) is 22.8. The van der Waals surface area contributed by atoms with Gasteiger partial charge in [-0.05, 0) is 56.9 Å². The lowest BCUT2D eigenvalue weighted by atomic mass is 10.1. The van der Waals surface area contributed by atoms with Gasteiger partial charge in [0.05, 0.1) is 6.42 Å². The fourth-order valence-electron chi connectivity index (χ4n) is 4.24. The minimum atomic E-state index is -0.725. The van der Waals surface area contributed by atoms with E-state index in [0.717, 1.165) is 86.7 Å². The highest BCUT2D eigenvalue weighted by Crippen LogP contribution is 2.29. The molecular weight excluding hydrogens is 412 g/mol. The number of fused-ring (bicyclic) bond motifs is 1. The highest BCUT2D eigenvalue weighted by molar-refractivity contribution is 6.31. The molecule has 0 saturated heterocycles. The Morgan fingerprint density at radius 2 is 1.71 bits per heavy atom. The monoisotopic (exact) mass is 448 g/mol. The Kier molecular flexibility index (Phi) is 10.4. The third kappa shape index (κ3) is 7.27. The van der Waals surface area contributed by atoms with Crippen LogP contribution in [0.5, 0.6) is 0 Å². The molecule has 172 valence electrons. The maximum absolute atomic E-state index is 13.3. The van der Waals surface area contributed by atoms with Crippen molar-refractivity contribution in [2.45, 2.75) is 85.1 Å². The molecule has 0 saturated carbocycles. The molecular formula is C25H37ClN2O3. The summed E-state index contributed by atoms with van der Waals surface area (Å²) in [7, 11) is 0. The second-order valence-corrected chi connectivity index (χ2v) is 8.73. The molecule has 0 aliphatic heterocycles. The molecule has 5 nitrogen and oxygen atoms in total. The number of carbonyl (C=O) groups excluding carboxylic acids is 1. The molecule has 1 heterocycles. The number of rotatable bonds is 14. The Morgan fingerprint density at radius 3 is 2.39 bits per heavy atom. The molecule has 2 rings (SSSR count). The van der Waals surface area contributed by atoms with Crippen LogP contribution in [-0.2, 0) is 22.6 Å². The van der Waals surface area contributed by atoms with Crippen molar-refractivity contribution in [1.29, 1.82) is 0 Å². The van der Waals surface area contributed by atoms with E-state index >= 15 is 0 Å². The predicted octanol–water partition coefficient (Wildman–Crippen LogP) is 6.22. The van der Waals surface area contributed by atoms with Crippen molar-refractivity contribution in [1.82, 2.24) is 9.47 Å². The van der Waals surface area contributed by atoms with Crippen LogP contribution >= 0.6 is 11.6 Å². The number of hydrogen-bond donors (Lipinski definition) is 1. The zero-order valence-electron chi connectivity index (χ0n) is 19.3. The fraction of sp³-hybridized carbons (Fsp3) is 0.600. The van der Waals surface area contributed by atoms with E-state index in [1.54, 1.807) is 0 Å². The van der Waals surface area contributed by atoms with Crippen LogP contribution in [-0.4, -0.2) is 39.5 Å². The van der Waals surface area contributed by atoms with Crippen molar-refractivity contribution in [2.24, 2.45) is 0 Å². The molecule has 6 heteroatoms. The maximum Gasteiger partial charge on any atom is 0.303 e. The largest absolute Gasteiger partial charge is 0.481 e. The molecule has 0 spiro atoms. The molecule has 0 unspecified atom stereocenters. The van der Waals surface area contributed by atoms with E-state index < -0.39 is 5.97 Å². The summed E-state index contributed by atoms with van der Waals surface area (Å²) in [5.74, 6) is -0.546. The van der Waals surface area contributed by atoms with E-state index in [1.165, 1.54) is 0 Å². The molecule has 0 radical (unpaired) electrons. The number of hydrogen-bond acceptors (Lipinski definition) is 2. The first-order valence-corrected chi connectivity index (χ1v) is 12.0. The Hall–Kier alpha value is -2.01. The van der Waals surface area contributed by atoms with E-state index in [1.807, 2.05) is 23.1 Å². The third-order valence-corrected chi connectivity index (χ3v) is 6.25. The second kappa shape index (κ2) is 12.7. The van der Waals surface area contributed by atoms with Crippen LogP contribution in [0.1, 0.15) is 76.5 Å². The first-order valence-electron chi connectivity index (χ1n) is 11.7. The smallest absolute Gasteiger partial charge is 0.303 e. The Labute approximate surface area is 191 Å². The third-order valence-electron chi connectivity index (χ3n) is 6.01. The minimum Gasteiger partial charge on any atom is -0.481 e. The average molecular weight is 449 g/mol. The van der Waals surface area contributed by atoms with Crippen molar-refractivity contribution >= 4 is 34.4 Å². The molecule has 1 aromatic heterocycles. The first kappa shape index (κ1) is 25.3.